The molecule has 94 valence electrons. The van der Waals surface area contributed by atoms with E-state index >= 15 is 0 Å². The van der Waals surface area contributed by atoms with Crippen molar-refractivity contribution in [2.45, 2.75) is 13.8 Å². The molecule has 0 atom stereocenters. The minimum absolute atomic E-state index is 0.380. The second-order valence-electron chi connectivity index (χ2n) is 3.99. The van der Waals surface area contributed by atoms with E-state index < -0.39 is 0 Å². The molecule has 0 bridgehead atoms. The molecule has 0 saturated heterocycles. The zero-order chi connectivity index (χ0) is 13.1. The summed E-state index contributed by atoms with van der Waals surface area (Å²) in [6.45, 7) is 3.88. The van der Waals surface area contributed by atoms with Gasteiger partial charge in [-0.2, -0.15) is 4.99 Å². The van der Waals surface area contributed by atoms with E-state index in [1.165, 1.54) is 0 Å². The van der Waals surface area contributed by atoms with E-state index in [1.807, 2.05) is 55.8 Å². The molecule has 18 heavy (non-hydrogen) atoms. The smallest absolute Gasteiger partial charge is 0.304 e. The van der Waals surface area contributed by atoms with E-state index in [0.717, 1.165) is 17.1 Å². The maximum atomic E-state index is 5.52. The van der Waals surface area contributed by atoms with Crippen LogP contribution in [0.3, 0.4) is 0 Å². The number of nitrogens with zero attached hydrogens (tertiary/aromatic N) is 2. The van der Waals surface area contributed by atoms with Crippen molar-refractivity contribution in [3.8, 4) is 0 Å². The van der Waals surface area contributed by atoms with Crippen molar-refractivity contribution in [3.63, 3.8) is 0 Å². The number of anilines is 1. The SMILES string of the molecule is Cc1oc(=NC(=S)Nc2ccccc2)n(C)c1C. The number of aryl methyl sites for hydroxylation is 1. The van der Waals surface area contributed by atoms with Gasteiger partial charge in [0.15, 0.2) is 0 Å². The Morgan fingerprint density at radius 3 is 2.50 bits per heavy atom. The first-order valence-electron chi connectivity index (χ1n) is 5.61. The van der Waals surface area contributed by atoms with E-state index in [9.17, 15) is 0 Å². The van der Waals surface area contributed by atoms with Gasteiger partial charge in [-0.25, -0.2) is 0 Å². The fourth-order valence-corrected chi connectivity index (χ4v) is 1.71. The number of benzene rings is 1. The lowest BCUT2D eigenvalue weighted by Crippen LogP contribution is -2.18. The Kier molecular flexibility index (Phi) is 3.62. The van der Waals surface area contributed by atoms with Gasteiger partial charge in [0.25, 0.3) is 0 Å². The lowest BCUT2D eigenvalue weighted by Gasteiger charge is -2.01. The highest BCUT2D eigenvalue weighted by molar-refractivity contribution is 7.80. The van der Waals surface area contributed by atoms with Crippen molar-refractivity contribution in [2.24, 2.45) is 12.0 Å². The summed E-state index contributed by atoms with van der Waals surface area (Å²) in [6, 6.07) is 9.68. The van der Waals surface area contributed by atoms with Crippen molar-refractivity contribution >= 4 is 23.0 Å². The average molecular weight is 261 g/mol. The number of rotatable bonds is 1. The molecule has 1 N–H and O–H groups in total. The molecule has 0 amide bonds. The number of hydrogen-bond donors (Lipinski definition) is 1. The molecular formula is C13H15N3OS. The summed E-state index contributed by atoms with van der Waals surface area (Å²) in [5.74, 6) is 0.846. The molecule has 1 aromatic heterocycles. The van der Waals surface area contributed by atoms with Crippen molar-refractivity contribution in [2.75, 3.05) is 5.32 Å². The predicted molar refractivity (Wildman–Crippen MR) is 75.4 cm³/mol. The Morgan fingerprint density at radius 1 is 1.28 bits per heavy atom. The number of hydrogen-bond acceptors (Lipinski definition) is 2. The van der Waals surface area contributed by atoms with Crippen LogP contribution < -0.4 is 11.0 Å². The molecule has 0 radical (unpaired) electrons. The van der Waals surface area contributed by atoms with Crippen LogP contribution >= 0.6 is 12.2 Å². The van der Waals surface area contributed by atoms with Crippen molar-refractivity contribution < 1.29 is 4.42 Å². The summed E-state index contributed by atoms with van der Waals surface area (Å²) < 4.78 is 7.39. The Balaban J connectivity index is 2.23. The highest BCUT2D eigenvalue weighted by Gasteiger charge is 2.04. The van der Waals surface area contributed by atoms with Crippen LogP contribution in [0.1, 0.15) is 11.5 Å². The molecule has 1 aromatic carbocycles. The third kappa shape index (κ3) is 2.68. The average Bonchev–Trinajstić information content (AvgIpc) is 2.58. The molecule has 4 nitrogen and oxygen atoms in total. The molecule has 2 aromatic rings. The molecule has 0 aliphatic heterocycles. The lowest BCUT2D eigenvalue weighted by molar-refractivity contribution is 0.458. The quantitative estimate of drug-likeness (QED) is 0.802. The summed E-state index contributed by atoms with van der Waals surface area (Å²) >= 11 is 5.18. The fraction of sp³-hybridized carbons (Fsp3) is 0.231. The summed E-state index contributed by atoms with van der Waals surface area (Å²) in [5, 5.41) is 3.42. The van der Waals surface area contributed by atoms with Gasteiger partial charge in [-0.05, 0) is 38.2 Å². The molecular weight excluding hydrogens is 246 g/mol. The molecule has 2 rings (SSSR count). The first-order valence-corrected chi connectivity index (χ1v) is 6.02. The van der Waals surface area contributed by atoms with Crippen LogP contribution in [0.4, 0.5) is 5.69 Å². The highest BCUT2D eigenvalue weighted by Crippen LogP contribution is 2.05. The van der Waals surface area contributed by atoms with Crippen LogP contribution in [0, 0.1) is 13.8 Å². The number of thiocarbonyl (C=S) groups is 1. The van der Waals surface area contributed by atoms with Crippen LogP contribution in [0.2, 0.25) is 0 Å². The number of para-hydroxylation sites is 1. The Bertz CT molecular complexity index is 625. The van der Waals surface area contributed by atoms with Gasteiger partial charge in [0, 0.05) is 12.7 Å². The van der Waals surface area contributed by atoms with Gasteiger partial charge in [0.1, 0.15) is 5.76 Å². The maximum absolute atomic E-state index is 5.52. The summed E-state index contributed by atoms with van der Waals surface area (Å²) in [5.41, 5.74) is 2.45. The van der Waals surface area contributed by atoms with Crippen LogP contribution in [0.15, 0.2) is 39.7 Å². The Labute approximate surface area is 111 Å². The molecule has 0 aliphatic rings. The van der Waals surface area contributed by atoms with Gasteiger partial charge in [-0.3, -0.25) is 4.57 Å². The molecule has 0 saturated carbocycles. The topological polar surface area (TPSA) is 42.5 Å². The minimum atomic E-state index is 0.380. The van der Waals surface area contributed by atoms with Crippen molar-refractivity contribution in [1.29, 1.82) is 0 Å². The van der Waals surface area contributed by atoms with E-state index in [1.54, 1.807) is 0 Å². The van der Waals surface area contributed by atoms with E-state index in [2.05, 4.69) is 10.3 Å². The van der Waals surface area contributed by atoms with Crippen LogP contribution in [-0.2, 0) is 7.05 Å². The number of oxazole rings is 1. The zero-order valence-corrected chi connectivity index (χ0v) is 11.4. The Hall–Kier alpha value is -1.88. The normalized spacial score (nSPS) is 11.6. The van der Waals surface area contributed by atoms with Gasteiger partial charge in [-0.1, -0.05) is 18.2 Å². The molecule has 0 spiro atoms. The molecule has 0 fully saturated rings. The first kappa shape index (κ1) is 12.6. The number of aromatic nitrogens is 1. The summed E-state index contributed by atoms with van der Waals surface area (Å²) in [7, 11) is 1.90. The Morgan fingerprint density at radius 2 is 1.94 bits per heavy atom. The number of nitrogens with one attached hydrogen (secondary N) is 1. The fourth-order valence-electron chi connectivity index (χ4n) is 1.52. The standard InChI is InChI=1S/C13H15N3OS/c1-9-10(2)17-13(16(9)3)15-12(18)14-11-7-5-4-6-8-11/h4-8H,1-3H3,(H,14,18). The molecule has 0 aliphatic carbocycles. The molecule has 1 heterocycles. The van der Waals surface area contributed by atoms with Gasteiger partial charge in [0.05, 0.1) is 5.69 Å². The molecule has 0 unspecified atom stereocenters. The van der Waals surface area contributed by atoms with Gasteiger partial charge < -0.3 is 9.73 Å². The summed E-state index contributed by atoms with van der Waals surface area (Å²) in [6.07, 6.45) is 0. The second kappa shape index (κ2) is 5.18. The largest absolute Gasteiger partial charge is 0.428 e. The van der Waals surface area contributed by atoms with E-state index in [4.69, 9.17) is 16.6 Å². The van der Waals surface area contributed by atoms with Crippen molar-refractivity contribution in [1.82, 2.24) is 4.57 Å². The van der Waals surface area contributed by atoms with E-state index in [0.29, 0.717) is 10.8 Å². The zero-order valence-electron chi connectivity index (χ0n) is 10.6. The maximum Gasteiger partial charge on any atom is 0.304 e. The van der Waals surface area contributed by atoms with Gasteiger partial charge in [-0.15, -0.1) is 0 Å². The third-order valence-corrected chi connectivity index (χ3v) is 2.96. The summed E-state index contributed by atoms with van der Waals surface area (Å²) in [4.78, 5) is 4.25. The van der Waals surface area contributed by atoms with Crippen LogP contribution in [0.5, 0.6) is 0 Å². The highest BCUT2D eigenvalue weighted by atomic mass is 32.1. The van der Waals surface area contributed by atoms with Crippen LogP contribution in [-0.4, -0.2) is 9.68 Å². The first-order chi connectivity index (χ1) is 8.58. The third-order valence-electron chi connectivity index (χ3n) is 2.77. The predicted octanol–water partition coefficient (Wildman–Crippen LogP) is 2.53. The van der Waals surface area contributed by atoms with Gasteiger partial charge >= 0.3 is 5.68 Å². The molecule has 5 heteroatoms. The monoisotopic (exact) mass is 261 g/mol. The minimum Gasteiger partial charge on any atom is -0.428 e. The van der Waals surface area contributed by atoms with Crippen LogP contribution in [0.25, 0.3) is 0 Å². The van der Waals surface area contributed by atoms with E-state index in [-0.39, 0.29) is 0 Å². The lowest BCUT2D eigenvalue weighted by atomic mass is 10.3. The van der Waals surface area contributed by atoms with Crippen molar-refractivity contribution in [3.05, 3.63) is 47.5 Å². The van der Waals surface area contributed by atoms with Gasteiger partial charge in [0.2, 0.25) is 5.11 Å². The second-order valence-corrected chi connectivity index (χ2v) is 4.38.